The number of aryl methyl sites for hydroxylation is 2. The standard InChI is InChI=1S/C14H14F2N4S/c1-3-11-12-13(19(2)18-11)20(14(21)17-12)7-8-4-5-9(15)10(16)6-8/h4-6H,3,7H2,1-2H3,(H,17,21). The smallest absolute Gasteiger partial charge is 0.179 e. The summed E-state index contributed by atoms with van der Waals surface area (Å²) in [5.41, 5.74) is 3.32. The van der Waals surface area contributed by atoms with Crippen LogP contribution in [-0.2, 0) is 20.0 Å². The maximum atomic E-state index is 13.3. The van der Waals surface area contributed by atoms with Gasteiger partial charge in [0.1, 0.15) is 5.52 Å². The first-order chi connectivity index (χ1) is 10.0. The first-order valence-corrected chi connectivity index (χ1v) is 7.00. The third-order valence-electron chi connectivity index (χ3n) is 3.48. The molecule has 2 aromatic heterocycles. The first kappa shape index (κ1) is 13.9. The van der Waals surface area contributed by atoms with Crippen LogP contribution in [0.3, 0.4) is 0 Å². The maximum absolute atomic E-state index is 13.3. The van der Waals surface area contributed by atoms with Crippen LogP contribution in [0.4, 0.5) is 8.78 Å². The van der Waals surface area contributed by atoms with Crippen LogP contribution in [0.15, 0.2) is 18.2 Å². The number of benzene rings is 1. The van der Waals surface area contributed by atoms with E-state index >= 15 is 0 Å². The van der Waals surface area contributed by atoms with E-state index in [9.17, 15) is 8.78 Å². The minimum absolute atomic E-state index is 0.360. The van der Waals surface area contributed by atoms with Gasteiger partial charge in [-0.2, -0.15) is 5.10 Å². The molecule has 0 aliphatic carbocycles. The number of hydrogen-bond donors (Lipinski definition) is 1. The highest BCUT2D eigenvalue weighted by Crippen LogP contribution is 2.20. The predicted molar refractivity (Wildman–Crippen MR) is 78.7 cm³/mol. The molecule has 0 amide bonds. The summed E-state index contributed by atoms with van der Waals surface area (Å²) in [6, 6.07) is 3.86. The molecule has 0 atom stereocenters. The normalized spacial score (nSPS) is 11.4. The lowest BCUT2D eigenvalue weighted by atomic mass is 10.2. The number of rotatable bonds is 3. The summed E-state index contributed by atoms with van der Waals surface area (Å²) in [5, 5.41) is 4.43. The van der Waals surface area contributed by atoms with E-state index in [0.717, 1.165) is 29.3 Å². The van der Waals surface area contributed by atoms with Crippen molar-refractivity contribution in [3.8, 4) is 0 Å². The van der Waals surface area contributed by atoms with Crippen molar-refractivity contribution in [2.45, 2.75) is 19.9 Å². The van der Waals surface area contributed by atoms with E-state index in [2.05, 4.69) is 10.1 Å². The predicted octanol–water partition coefficient (Wildman–Crippen LogP) is 3.32. The number of fused-ring (bicyclic) bond motifs is 1. The maximum Gasteiger partial charge on any atom is 0.179 e. The quantitative estimate of drug-likeness (QED) is 0.754. The van der Waals surface area contributed by atoms with E-state index in [0.29, 0.717) is 16.9 Å². The van der Waals surface area contributed by atoms with E-state index in [1.165, 1.54) is 6.07 Å². The average molecular weight is 308 g/mol. The Morgan fingerprint density at radius 2 is 2.05 bits per heavy atom. The van der Waals surface area contributed by atoms with E-state index in [4.69, 9.17) is 12.2 Å². The van der Waals surface area contributed by atoms with Crippen LogP contribution in [0.25, 0.3) is 11.2 Å². The summed E-state index contributed by atoms with van der Waals surface area (Å²) in [6.07, 6.45) is 0.789. The van der Waals surface area contributed by atoms with Crippen LogP contribution in [0.5, 0.6) is 0 Å². The van der Waals surface area contributed by atoms with Crippen LogP contribution in [0.1, 0.15) is 18.2 Å². The number of halogens is 2. The lowest BCUT2D eigenvalue weighted by Gasteiger charge is -2.05. The van der Waals surface area contributed by atoms with Gasteiger partial charge in [-0.15, -0.1) is 0 Å². The summed E-state index contributed by atoms with van der Waals surface area (Å²) in [4.78, 5) is 3.14. The monoisotopic (exact) mass is 308 g/mol. The van der Waals surface area contributed by atoms with Crippen molar-refractivity contribution in [1.29, 1.82) is 0 Å². The van der Waals surface area contributed by atoms with Gasteiger partial charge in [-0.1, -0.05) is 13.0 Å². The van der Waals surface area contributed by atoms with Crippen molar-refractivity contribution in [2.24, 2.45) is 7.05 Å². The van der Waals surface area contributed by atoms with Gasteiger partial charge in [0, 0.05) is 7.05 Å². The SMILES string of the molecule is CCc1nn(C)c2c1[nH]c(=S)n2Cc1ccc(F)c(F)c1. The first-order valence-electron chi connectivity index (χ1n) is 6.59. The Hall–Kier alpha value is -2.02. The minimum Gasteiger partial charge on any atom is -0.328 e. The van der Waals surface area contributed by atoms with Crippen LogP contribution in [0.2, 0.25) is 0 Å². The molecule has 0 radical (unpaired) electrons. The number of aromatic nitrogens is 4. The summed E-state index contributed by atoms with van der Waals surface area (Å²) in [7, 11) is 1.84. The third-order valence-corrected chi connectivity index (χ3v) is 3.80. The Labute approximate surface area is 125 Å². The van der Waals surface area contributed by atoms with Gasteiger partial charge >= 0.3 is 0 Å². The fourth-order valence-corrected chi connectivity index (χ4v) is 2.75. The van der Waals surface area contributed by atoms with Gasteiger partial charge in [-0.25, -0.2) is 8.78 Å². The molecule has 110 valence electrons. The molecule has 0 fully saturated rings. The molecule has 0 unspecified atom stereocenters. The van der Waals surface area contributed by atoms with Gasteiger partial charge in [-0.05, 0) is 36.3 Å². The van der Waals surface area contributed by atoms with Gasteiger partial charge in [0.15, 0.2) is 22.1 Å². The van der Waals surface area contributed by atoms with E-state index in [1.807, 2.05) is 18.5 Å². The zero-order valence-electron chi connectivity index (χ0n) is 11.7. The summed E-state index contributed by atoms with van der Waals surface area (Å²) in [5.74, 6) is -1.71. The zero-order chi connectivity index (χ0) is 15.1. The fourth-order valence-electron chi connectivity index (χ4n) is 2.49. The number of imidazole rings is 1. The molecule has 0 bridgehead atoms. The number of hydrogen-bond acceptors (Lipinski definition) is 2. The van der Waals surface area contributed by atoms with Crippen LogP contribution in [0, 0.1) is 16.4 Å². The van der Waals surface area contributed by atoms with E-state index in [1.54, 1.807) is 10.7 Å². The number of nitrogens with zero attached hydrogens (tertiary/aromatic N) is 3. The molecule has 0 aliphatic heterocycles. The van der Waals surface area contributed by atoms with Crippen molar-refractivity contribution in [3.05, 3.63) is 45.9 Å². The molecule has 4 nitrogen and oxygen atoms in total. The minimum atomic E-state index is -0.856. The molecule has 0 saturated heterocycles. The molecular formula is C14H14F2N4S. The van der Waals surface area contributed by atoms with Gasteiger partial charge < -0.3 is 4.98 Å². The average Bonchev–Trinajstić information content (AvgIpc) is 2.92. The van der Waals surface area contributed by atoms with Gasteiger partial charge in [0.25, 0.3) is 0 Å². The third kappa shape index (κ3) is 2.27. The highest BCUT2D eigenvalue weighted by atomic mass is 32.1. The second kappa shape index (κ2) is 5.07. The Morgan fingerprint density at radius 3 is 2.71 bits per heavy atom. The summed E-state index contributed by atoms with van der Waals surface area (Å²) < 4.78 is 30.5. The van der Waals surface area contributed by atoms with Crippen molar-refractivity contribution >= 4 is 23.4 Å². The van der Waals surface area contributed by atoms with Crippen molar-refractivity contribution in [3.63, 3.8) is 0 Å². The van der Waals surface area contributed by atoms with E-state index < -0.39 is 11.6 Å². The fraction of sp³-hybridized carbons (Fsp3) is 0.286. The lowest BCUT2D eigenvalue weighted by Crippen LogP contribution is -2.05. The largest absolute Gasteiger partial charge is 0.328 e. The van der Waals surface area contributed by atoms with Crippen LogP contribution < -0.4 is 0 Å². The molecule has 0 saturated carbocycles. The number of aromatic amines is 1. The molecule has 1 aromatic carbocycles. The summed E-state index contributed by atoms with van der Waals surface area (Å²) >= 11 is 5.33. The molecule has 7 heteroatoms. The van der Waals surface area contributed by atoms with Crippen molar-refractivity contribution < 1.29 is 8.78 Å². The highest BCUT2D eigenvalue weighted by molar-refractivity contribution is 7.71. The molecule has 1 N–H and O–H groups in total. The van der Waals surface area contributed by atoms with Gasteiger partial charge in [-0.3, -0.25) is 9.25 Å². The molecule has 3 aromatic rings. The van der Waals surface area contributed by atoms with Crippen molar-refractivity contribution in [2.75, 3.05) is 0 Å². The summed E-state index contributed by atoms with van der Waals surface area (Å²) in [6.45, 7) is 2.38. The second-order valence-corrected chi connectivity index (χ2v) is 5.27. The van der Waals surface area contributed by atoms with Crippen molar-refractivity contribution in [1.82, 2.24) is 19.3 Å². The number of H-pyrrole nitrogens is 1. The van der Waals surface area contributed by atoms with Gasteiger partial charge in [0.05, 0.1) is 12.2 Å². The molecular weight excluding hydrogens is 294 g/mol. The number of nitrogens with one attached hydrogen (secondary N) is 1. The Bertz CT molecular complexity index is 875. The lowest BCUT2D eigenvalue weighted by molar-refractivity contribution is 0.506. The molecule has 0 spiro atoms. The topological polar surface area (TPSA) is 38.5 Å². The molecule has 2 heterocycles. The molecule has 3 rings (SSSR count). The highest BCUT2D eigenvalue weighted by Gasteiger charge is 2.14. The Morgan fingerprint density at radius 1 is 1.29 bits per heavy atom. The Balaban J connectivity index is 2.12. The molecule has 21 heavy (non-hydrogen) atoms. The zero-order valence-corrected chi connectivity index (χ0v) is 12.5. The van der Waals surface area contributed by atoms with Crippen LogP contribution in [-0.4, -0.2) is 19.3 Å². The Kier molecular flexibility index (Phi) is 3.36. The van der Waals surface area contributed by atoms with Crippen LogP contribution >= 0.6 is 12.2 Å². The molecule has 0 aliphatic rings. The second-order valence-electron chi connectivity index (χ2n) is 4.89. The van der Waals surface area contributed by atoms with E-state index in [-0.39, 0.29) is 0 Å². The van der Waals surface area contributed by atoms with Gasteiger partial charge in [0.2, 0.25) is 0 Å².